The number of sulfonamides is 1. The molecule has 0 amide bonds. The van der Waals surface area contributed by atoms with Crippen LogP contribution in [0.2, 0.25) is 0 Å². The number of fused-ring (bicyclic) bond motifs is 1. The molecule has 1 saturated carbocycles. The molecular formula is C24H16F5N5O3S. The molecule has 1 aromatic carbocycles. The number of benzene rings is 1. The van der Waals surface area contributed by atoms with Crippen LogP contribution in [0, 0.1) is 11.3 Å². The van der Waals surface area contributed by atoms with Crippen molar-refractivity contribution in [2.75, 3.05) is 0 Å². The van der Waals surface area contributed by atoms with E-state index in [0.29, 0.717) is 11.2 Å². The lowest BCUT2D eigenvalue weighted by molar-refractivity contribution is -0.160. The van der Waals surface area contributed by atoms with E-state index in [1.807, 2.05) is 0 Å². The monoisotopic (exact) mass is 549 g/mol. The van der Waals surface area contributed by atoms with Gasteiger partial charge in [0.2, 0.25) is 10.0 Å². The van der Waals surface area contributed by atoms with Gasteiger partial charge in [-0.2, -0.15) is 31.9 Å². The molecule has 4 aromatic rings. The standard InChI is InChI=1S/C24H16F5N5O3S/c25-22(26)37-14-4-6-16-17(12-30)21(34(19(16)11-14)20-3-1-2-10-31-20)18-7-5-15(13-32-18)38(35,36)33-23(8-9-23)24(27,28)29/h1-7,10-11,13,22,33H,8-9H2. The molecule has 3 aromatic heterocycles. The lowest BCUT2D eigenvalue weighted by atomic mass is 10.1. The number of aromatic nitrogens is 3. The summed E-state index contributed by atoms with van der Waals surface area (Å²) in [7, 11) is -4.56. The minimum atomic E-state index is -4.74. The Bertz CT molecular complexity index is 1660. The third kappa shape index (κ3) is 4.44. The van der Waals surface area contributed by atoms with Gasteiger partial charge in [0.25, 0.3) is 0 Å². The first kappa shape index (κ1) is 25.6. The van der Waals surface area contributed by atoms with Gasteiger partial charge < -0.3 is 4.74 Å². The lowest BCUT2D eigenvalue weighted by Gasteiger charge is -2.20. The smallest absolute Gasteiger partial charge is 0.407 e. The van der Waals surface area contributed by atoms with Crippen LogP contribution in [0.3, 0.4) is 0 Å². The van der Waals surface area contributed by atoms with Gasteiger partial charge in [-0.1, -0.05) is 6.07 Å². The molecule has 3 heterocycles. The van der Waals surface area contributed by atoms with Crippen molar-refractivity contribution in [2.24, 2.45) is 0 Å². The molecule has 0 saturated heterocycles. The van der Waals surface area contributed by atoms with Gasteiger partial charge in [0, 0.05) is 23.8 Å². The zero-order valence-electron chi connectivity index (χ0n) is 19.1. The van der Waals surface area contributed by atoms with Crippen molar-refractivity contribution in [2.45, 2.75) is 36.1 Å². The first-order chi connectivity index (χ1) is 18.0. The molecule has 14 heteroatoms. The van der Waals surface area contributed by atoms with Gasteiger partial charge in [-0.15, -0.1) is 0 Å². The van der Waals surface area contributed by atoms with Crippen LogP contribution in [0.5, 0.6) is 5.75 Å². The number of pyridine rings is 2. The maximum absolute atomic E-state index is 13.3. The van der Waals surface area contributed by atoms with E-state index < -0.39 is 33.2 Å². The summed E-state index contributed by atoms with van der Waals surface area (Å²) in [6, 6.07) is 13.3. The van der Waals surface area contributed by atoms with Crippen molar-refractivity contribution in [3.63, 3.8) is 0 Å². The Morgan fingerprint density at radius 1 is 1.11 bits per heavy atom. The largest absolute Gasteiger partial charge is 0.435 e. The molecule has 196 valence electrons. The molecule has 1 aliphatic carbocycles. The normalized spacial score (nSPS) is 15.0. The first-order valence-electron chi connectivity index (χ1n) is 11.0. The van der Waals surface area contributed by atoms with Gasteiger partial charge in [0.1, 0.15) is 28.1 Å². The molecule has 1 N–H and O–H groups in total. The van der Waals surface area contributed by atoms with E-state index >= 15 is 0 Å². The molecule has 38 heavy (non-hydrogen) atoms. The predicted molar refractivity (Wildman–Crippen MR) is 124 cm³/mol. The summed E-state index contributed by atoms with van der Waals surface area (Å²) in [6.07, 6.45) is -3.12. The van der Waals surface area contributed by atoms with Crippen LogP contribution in [0.25, 0.3) is 28.1 Å². The highest BCUT2D eigenvalue weighted by Gasteiger charge is 2.65. The second-order valence-electron chi connectivity index (χ2n) is 8.48. The van der Waals surface area contributed by atoms with Crippen LogP contribution >= 0.6 is 0 Å². The summed E-state index contributed by atoms with van der Waals surface area (Å²) in [5, 5.41) is 10.3. The summed E-state index contributed by atoms with van der Waals surface area (Å²) in [5.41, 5.74) is -1.86. The highest BCUT2D eigenvalue weighted by Crippen LogP contribution is 2.49. The summed E-state index contributed by atoms with van der Waals surface area (Å²) in [5.74, 6) is 0.126. The topological polar surface area (TPSA) is 110 Å². The van der Waals surface area contributed by atoms with Crippen molar-refractivity contribution in [1.29, 1.82) is 5.26 Å². The van der Waals surface area contributed by atoms with Crippen molar-refractivity contribution in [1.82, 2.24) is 19.3 Å². The Morgan fingerprint density at radius 2 is 1.87 bits per heavy atom. The van der Waals surface area contributed by atoms with E-state index in [9.17, 15) is 35.6 Å². The molecule has 5 rings (SSSR count). The van der Waals surface area contributed by atoms with E-state index in [1.54, 1.807) is 22.9 Å². The third-order valence-corrected chi connectivity index (χ3v) is 7.59. The maximum Gasteiger partial charge on any atom is 0.407 e. The van der Waals surface area contributed by atoms with Crippen molar-refractivity contribution in [3.8, 4) is 29.0 Å². The Hall–Kier alpha value is -4.09. The molecule has 0 bridgehead atoms. The van der Waals surface area contributed by atoms with E-state index in [-0.39, 0.29) is 41.1 Å². The van der Waals surface area contributed by atoms with Crippen LogP contribution in [0.1, 0.15) is 18.4 Å². The highest BCUT2D eigenvalue weighted by atomic mass is 32.2. The average molecular weight is 549 g/mol. The quantitative estimate of drug-likeness (QED) is 0.327. The second kappa shape index (κ2) is 9.03. The van der Waals surface area contributed by atoms with Crippen molar-refractivity contribution >= 4 is 20.9 Å². The minimum absolute atomic E-state index is 0.0875. The van der Waals surface area contributed by atoms with E-state index in [0.717, 1.165) is 12.3 Å². The SMILES string of the molecule is N#Cc1c(-c2ccc(S(=O)(=O)NC3(C(F)(F)F)CC3)cn2)n(-c2ccccn2)c2cc(OC(F)F)ccc12. The van der Waals surface area contributed by atoms with E-state index in [2.05, 4.69) is 20.8 Å². The summed E-state index contributed by atoms with van der Waals surface area (Å²) in [6.45, 7) is -3.09. The molecule has 0 unspecified atom stereocenters. The summed E-state index contributed by atoms with van der Waals surface area (Å²) in [4.78, 5) is 7.92. The third-order valence-electron chi connectivity index (χ3n) is 6.07. The molecule has 8 nitrogen and oxygen atoms in total. The van der Waals surface area contributed by atoms with Crippen LogP contribution in [0.4, 0.5) is 22.0 Å². The molecule has 0 aliphatic heterocycles. The number of rotatable bonds is 7. The van der Waals surface area contributed by atoms with Crippen LogP contribution in [-0.4, -0.2) is 41.3 Å². The number of hydrogen-bond donors (Lipinski definition) is 1. The van der Waals surface area contributed by atoms with Gasteiger partial charge >= 0.3 is 12.8 Å². The average Bonchev–Trinajstić information content (AvgIpc) is 3.58. The van der Waals surface area contributed by atoms with E-state index in [1.165, 1.54) is 35.0 Å². The minimum Gasteiger partial charge on any atom is -0.435 e. The fourth-order valence-corrected chi connectivity index (χ4v) is 5.48. The number of ether oxygens (including phenoxy) is 1. The number of nitriles is 1. The second-order valence-corrected chi connectivity index (χ2v) is 10.2. The van der Waals surface area contributed by atoms with Gasteiger partial charge in [0.15, 0.2) is 0 Å². The number of alkyl halides is 5. The number of hydrogen-bond acceptors (Lipinski definition) is 6. The Morgan fingerprint density at radius 3 is 2.42 bits per heavy atom. The zero-order chi connectivity index (χ0) is 27.3. The molecule has 0 spiro atoms. The van der Waals surface area contributed by atoms with Crippen LogP contribution in [0.15, 0.2) is 65.8 Å². The molecule has 0 atom stereocenters. The van der Waals surface area contributed by atoms with E-state index in [4.69, 9.17) is 0 Å². The predicted octanol–water partition coefficient (Wildman–Crippen LogP) is 4.93. The Kier molecular flexibility index (Phi) is 6.07. The molecular weight excluding hydrogens is 533 g/mol. The Labute approximate surface area is 212 Å². The zero-order valence-corrected chi connectivity index (χ0v) is 19.9. The number of nitrogens with one attached hydrogen (secondary N) is 1. The lowest BCUT2D eigenvalue weighted by Crippen LogP contribution is -2.47. The Balaban J connectivity index is 1.64. The van der Waals surface area contributed by atoms with Gasteiger partial charge in [-0.3, -0.25) is 9.55 Å². The van der Waals surface area contributed by atoms with Gasteiger partial charge in [-0.05, 0) is 49.2 Å². The molecule has 1 aliphatic rings. The summed E-state index contributed by atoms with van der Waals surface area (Å²) < 4.78 is 98.6. The van der Waals surface area contributed by atoms with Gasteiger partial charge in [0.05, 0.1) is 22.5 Å². The number of nitrogens with zero attached hydrogens (tertiary/aromatic N) is 4. The fourth-order valence-electron chi connectivity index (χ4n) is 4.09. The van der Waals surface area contributed by atoms with Gasteiger partial charge in [-0.25, -0.2) is 13.4 Å². The van der Waals surface area contributed by atoms with Crippen molar-refractivity contribution < 1.29 is 35.1 Å². The number of halogens is 5. The fraction of sp³-hybridized carbons (Fsp3) is 0.208. The highest BCUT2D eigenvalue weighted by molar-refractivity contribution is 7.89. The maximum atomic E-state index is 13.3. The van der Waals surface area contributed by atoms with Crippen molar-refractivity contribution in [3.05, 3.63) is 66.5 Å². The van der Waals surface area contributed by atoms with Crippen LogP contribution in [-0.2, 0) is 10.0 Å². The first-order valence-corrected chi connectivity index (χ1v) is 12.5. The molecule has 0 radical (unpaired) electrons. The summed E-state index contributed by atoms with van der Waals surface area (Å²) >= 11 is 0. The molecule has 1 fully saturated rings. The van der Waals surface area contributed by atoms with Crippen LogP contribution < -0.4 is 9.46 Å².